The summed E-state index contributed by atoms with van der Waals surface area (Å²) in [5.41, 5.74) is 2.77. The Kier molecular flexibility index (Phi) is 6.27. The van der Waals surface area contributed by atoms with Crippen molar-refractivity contribution in [3.63, 3.8) is 0 Å². The molecule has 0 saturated carbocycles. The summed E-state index contributed by atoms with van der Waals surface area (Å²) in [5, 5.41) is 3.61. The van der Waals surface area contributed by atoms with Gasteiger partial charge in [0, 0.05) is 10.9 Å². The smallest absolute Gasteiger partial charge is 0.118 e. The topological polar surface area (TPSA) is 21.3 Å². The van der Waals surface area contributed by atoms with Gasteiger partial charge in [-0.05, 0) is 71.6 Å². The molecule has 0 amide bonds. The summed E-state index contributed by atoms with van der Waals surface area (Å²) >= 11 is 5.40. The zero-order valence-electron chi connectivity index (χ0n) is 12.8. The van der Waals surface area contributed by atoms with Crippen LogP contribution in [0.1, 0.15) is 35.4 Å². The average molecular weight is 368 g/mol. The fourth-order valence-electron chi connectivity index (χ4n) is 2.52. The summed E-state index contributed by atoms with van der Waals surface area (Å²) in [6.45, 7) is 5.35. The van der Waals surface area contributed by atoms with Crippen LogP contribution in [0.15, 0.2) is 34.1 Å². The van der Waals surface area contributed by atoms with Crippen molar-refractivity contribution in [3.8, 4) is 5.75 Å². The Labute approximate surface area is 139 Å². The minimum atomic E-state index is 0.416. The second-order valence-corrected chi connectivity index (χ2v) is 7.69. The van der Waals surface area contributed by atoms with Gasteiger partial charge in [-0.3, -0.25) is 0 Å². The number of thiophene rings is 1. The summed E-state index contributed by atoms with van der Waals surface area (Å²) in [7, 11) is 1.70. The quantitative estimate of drug-likeness (QED) is 0.733. The Morgan fingerprint density at radius 2 is 2.00 bits per heavy atom. The molecule has 2 aromatic rings. The normalized spacial score (nSPS) is 12.4. The highest BCUT2D eigenvalue weighted by Crippen LogP contribution is 2.32. The van der Waals surface area contributed by atoms with Gasteiger partial charge in [-0.2, -0.15) is 0 Å². The first kappa shape index (κ1) is 16.5. The van der Waals surface area contributed by atoms with E-state index < -0.39 is 0 Å². The lowest BCUT2D eigenvalue weighted by atomic mass is 9.99. The van der Waals surface area contributed by atoms with E-state index in [1.165, 1.54) is 19.8 Å². The Bertz CT molecular complexity index is 565. The monoisotopic (exact) mass is 367 g/mol. The number of halogens is 1. The second-order valence-electron chi connectivity index (χ2n) is 5.06. The first-order valence-electron chi connectivity index (χ1n) is 7.26. The van der Waals surface area contributed by atoms with E-state index in [4.69, 9.17) is 4.74 Å². The Morgan fingerprint density at radius 1 is 1.29 bits per heavy atom. The van der Waals surface area contributed by atoms with Crippen molar-refractivity contribution >= 4 is 27.3 Å². The molecule has 0 radical (unpaired) electrons. The molecule has 1 heterocycles. The maximum atomic E-state index is 5.20. The van der Waals surface area contributed by atoms with Crippen LogP contribution in [0.2, 0.25) is 0 Å². The standard InChI is InChI=1S/C17H22BrNOS/c1-4-19-16(15-11-17(18)21-12(15)2)10-7-13-5-8-14(20-3)9-6-13/h5-6,8-9,11,16,19H,4,7,10H2,1-3H3. The highest BCUT2D eigenvalue weighted by molar-refractivity contribution is 9.11. The van der Waals surface area contributed by atoms with Crippen LogP contribution in [0.3, 0.4) is 0 Å². The highest BCUT2D eigenvalue weighted by Gasteiger charge is 2.15. The van der Waals surface area contributed by atoms with Crippen molar-refractivity contribution in [2.24, 2.45) is 0 Å². The van der Waals surface area contributed by atoms with Gasteiger partial charge in [0.1, 0.15) is 5.75 Å². The van der Waals surface area contributed by atoms with Gasteiger partial charge in [0.05, 0.1) is 10.9 Å². The maximum Gasteiger partial charge on any atom is 0.118 e. The molecule has 21 heavy (non-hydrogen) atoms. The van der Waals surface area contributed by atoms with E-state index in [1.54, 1.807) is 7.11 Å². The maximum absolute atomic E-state index is 5.20. The van der Waals surface area contributed by atoms with Gasteiger partial charge in [-0.25, -0.2) is 0 Å². The molecule has 0 fully saturated rings. The minimum absolute atomic E-state index is 0.416. The number of rotatable bonds is 7. The first-order chi connectivity index (χ1) is 10.1. The van der Waals surface area contributed by atoms with Crippen molar-refractivity contribution < 1.29 is 4.74 Å². The zero-order valence-corrected chi connectivity index (χ0v) is 15.2. The molecule has 1 aromatic heterocycles. The summed E-state index contributed by atoms with van der Waals surface area (Å²) < 4.78 is 6.42. The average Bonchev–Trinajstić information content (AvgIpc) is 2.82. The third kappa shape index (κ3) is 4.56. The van der Waals surface area contributed by atoms with Crippen LogP contribution in [0, 0.1) is 6.92 Å². The SMILES string of the molecule is CCNC(CCc1ccc(OC)cc1)c1cc(Br)sc1C. The third-order valence-electron chi connectivity index (χ3n) is 3.63. The lowest BCUT2D eigenvalue weighted by Gasteiger charge is -2.18. The van der Waals surface area contributed by atoms with Crippen LogP contribution in [0.25, 0.3) is 0 Å². The molecule has 1 aromatic carbocycles. The molecular weight excluding hydrogens is 346 g/mol. The van der Waals surface area contributed by atoms with Crippen molar-refractivity contribution in [2.45, 2.75) is 32.7 Å². The Hall–Kier alpha value is -0.840. The number of benzene rings is 1. The first-order valence-corrected chi connectivity index (χ1v) is 8.87. The number of nitrogens with one attached hydrogen (secondary N) is 1. The molecule has 0 saturated heterocycles. The Balaban J connectivity index is 2.04. The van der Waals surface area contributed by atoms with Crippen LogP contribution >= 0.6 is 27.3 Å². The summed E-state index contributed by atoms with van der Waals surface area (Å²) in [4.78, 5) is 1.39. The van der Waals surface area contributed by atoms with E-state index in [1.807, 2.05) is 23.5 Å². The van der Waals surface area contributed by atoms with E-state index in [0.717, 1.165) is 25.1 Å². The van der Waals surface area contributed by atoms with E-state index in [-0.39, 0.29) is 0 Å². The van der Waals surface area contributed by atoms with Crippen LogP contribution in [0.4, 0.5) is 0 Å². The van der Waals surface area contributed by atoms with E-state index in [9.17, 15) is 0 Å². The number of methoxy groups -OCH3 is 1. The minimum Gasteiger partial charge on any atom is -0.497 e. The number of ether oxygens (including phenoxy) is 1. The van der Waals surface area contributed by atoms with Crippen LogP contribution < -0.4 is 10.1 Å². The Morgan fingerprint density at radius 3 is 2.52 bits per heavy atom. The lowest BCUT2D eigenvalue weighted by Crippen LogP contribution is -2.21. The molecule has 1 atom stereocenters. The predicted octanol–water partition coefficient (Wildman–Crippen LogP) is 5.11. The summed E-state index contributed by atoms with van der Waals surface area (Å²) in [6.07, 6.45) is 2.17. The highest BCUT2D eigenvalue weighted by atomic mass is 79.9. The zero-order chi connectivity index (χ0) is 15.2. The van der Waals surface area contributed by atoms with E-state index in [2.05, 4.69) is 53.3 Å². The summed E-state index contributed by atoms with van der Waals surface area (Å²) in [6, 6.07) is 11.0. The van der Waals surface area contributed by atoms with Crippen molar-refractivity contribution in [2.75, 3.05) is 13.7 Å². The van der Waals surface area contributed by atoms with Gasteiger partial charge in [-0.1, -0.05) is 19.1 Å². The van der Waals surface area contributed by atoms with E-state index >= 15 is 0 Å². The van der Waals surface area contributed by atoms with Gasteiger partial charge in [0.2, 0.25) is 0 Å². The molecule has 1 N–H and O–H groups in total. The third-order valence-corrected chi connectivity index (χ3v) is 5.20. The van der Waals surface area contributed by atoms with Crippen molar-refractivity contribution in [3.05, 3.63) is 50.1 Å². The van der Waals surface area contributed by atoms with Crippen molar-refractivity contribution in [1.29, 1.82) is 0 Å². The van der Waals surface area contributed by atoms with E-state index in [0.29, 0.717) is 6.04 Å². The molecule has 0 spiro atoms. The fraction of sp³-hybridized carbons (Fsp3) is 0.412. The molecule has 2 rings (SSSR count). The molecule has 2 nitrogen and oxygen atoms in total. The predicted molar refractivity (Wildman–Crippen MR) is 94.5 cm³/mol. The molecule has 0 bridgehead atoms. The van der Waals surface area contributed by atoms with Gasteiger partial charge in [0.15, 0.2) is 0 Å². The number of hydrogen-bond donors (Lipinski definition) is 1. The number of aryl methyl sites for hydroxylation is 2. The molecule has 0 aliphatic carbocycles. The molecule has 114 valence electrons. The molecular formula is C17H22BrNOS. The molecule has 0 aliphatic rings. The van der Waals surface area contributed by atoms with Crippen LogP contribution in [-0.4, -0.2) is 13.7 Å². The molecule has 0 aliphatic heterocycles. The van der Waals surface area contributed by atoms with Gasteiger partial charge < -0.3 is 10.1 Å². The van der Waals surface area contributed by atoms with Gasteiger partial charge in [-0.15, -0.1) is 11.3 Å². The van der Waals surface area contributed by atoms with Gasteiger partial charge in [0.25, 0.3) is 0 Å². The summed E-state index contributed by atoms with van der Waals surface area (Å²) in [5.74, 6) is 0.916. The number of hydrogen-bond acceptors (Lipinski definition) is 3. The largest absolute Gasteiger partial charge is 0.497 e. The van der Waals surface area contributed by atoms with Crippen molar-refractivity contribution in [1.82, 2.24) is 5.32 Å². The van der Waals surface area contributed by atoms with Crippen LogP contribution in [0.5, 0.6) is 5.75 Å². The fourth-order valence-corrected chi connectivity index (χ4v) is 4.29. The molecule has 4 heteroatoms. The van der Waals surface area contributed by atoms with Crippen LogP contribution in [-0.2, 0) is 6.42 Å². The molecule has 1 unspecified atom stereocenters. The van der Waals surface area contributed by atoms with Gasteiger partial charge >= 0.3 is 0 Å². The second kappa shape index (κ2) is 7.97. The lowest BCUT2D eigenvalue weighted by molar-refractivity contribution is 0.414.